The fourth-order valence-corrected chi connectivity index (χ4v) is 4.69. The fourth-order valence-electron chi connectivity index (χ4n) is 4.69. The Balaban J connectivity index is 1.55. The van der Waals surface area contributed by atoms with Crippen molar-refractivity contribution in [2.45, 2.75) is 12.5 Å². The summed E-state index contributed by atoms with van der Waals surface area (Å²) in [6, 6.07) is 14.1. The molecular weight excluding hydrogens is 434 g/mol. The van der Waals surface area contributed by atoms with Crippen LogP contribution < -0.4 is 9.47 Å². The highest BCUT2D eigenvalue weighted by Crippen LogP contribution is 2.40. The Morgan fingerprint density at radius 3 is 2.38 bits per heavy atom. The summed E-state index contributed by atoms with van der Waals surface area (Å²) in [5.74, 6) is 1.26. The van der Waals surface area contributed by atoms with Crippen LogP contribution in [0.3, 0.4) is 0 Å². The van der Waals surface area contributed by atoms with E-state index in [1.165, 1.54) is 10.5 Å². The first-order valence-electron chi connectivity index (χ1n) is 11.6. The number of methoxy groups -OCH3 is 2. The third-order valence-electron chi connectivity index (χ3n) is 6.59. The van der Waals surface area contributed by atoms with Gasteiger partial charge in [-0.05, 0) is 35.2 Å². The Kier molecular flexibility index (Phi) is 7.70. The Hall–Kier alpha value is -3.10. The predicted octanol–water partition coefficient (Wildman–Crippen LogP) is 1.97. The molecule has 4 rings (SSSR count). The maximum atomic E-state index is 13.2. The van der Waals surface area contributed by atoms with Crippen molar-refractivity contribution in [1.29, 1.82) is 0 Å². The summed E-state index contributed by atoms with van der Waals surface area (Å²) >= 11 is 0. The lowest BCUT2D eigenvalue weighted by molar-refractivity contribution is -0.142. The summed E-state index contributed by atoms with van der Waals surface area (Å²) in [5.41, 5.74) is 3.40. The van der Waals surface area contributed by atoms with Crippen LogP contribution in [0.2, 0.25) is 0 Å². The van der Waals surface area contributed by atoms with Gasteiger partial charge in [0.2, 0.25) is 11.8 Å². The number of carbonyl (C=O) groups excluding carboxylic acids is 2. The standard InChI is InChI=1S/C26H33N3O5/c1-27(17-25(31)28-11-13-34-14-12-28)24(30)18-29-10-9-20-15-22(32-2)23(33-3)16-21(20)26(29)19-7-5-4-6-8-19/h4-8,15-16,26H,9-14,17-18H2,1-3H3. The number of hydrogen-bond acceptors (Lipinski definition) is 6. The molecule has 8 heteroatoms. The zero-order valence-electron chi connectivity index (χ0n) is 20.2. The third kappa shape index (κ3) is 5.18. The summed E-state index contributed by atoms with van der Waals surface area (Å²) in [4.78, 5) is 31.3. The minimum Gasteiger partial charge on any atom is -0.493 e. The summed E-state index contributed by atoms with van der Waals surface area (Å²) in [6.45, 7) is 3.26. The largest absolute Gasteiger partial charge is 0.493 e. The number of amides is 2. The number of benzene rings is 2. The number of nitrogens with zero attached hydrogens (tertiary/aromatic N) is 3. The normalized spacial score (nSPS) is 18.2. The van der Waals surface area contributed by atoms with E-state index in [2.05, 4.69) is 17.0 Å². The maximum absolute atomic E-state index is 13.2. The quantitative estimate of drug-likeness (QED) is 0.620. The van der Waals surface area contributed by atoms with Crippen LogP contribution in [0.4, 0.5) is 0 Å². The van der Waals surface area contributed by atoms with E-state index in [1.807, 2.05) is 30.3 Å². The first kappa shape index (κ1) is 24.0. The zero-order chi connectivity index (χ0) is 24.1. The van der Waals surface area contributed by atoms with Gasteiger partial charge in [-0.3, -0.25) is 14.5 Å². The molecule has 0 aliphatic carbocycles. The summed E-state index contributed by atoms with van der Waals surface area (Å²) in [6.07, 6.45) is 0.794. The number of morpholine rings is 1. The average molecular weight is 468 g/mol. The van der Waals surface area contributed by atoms with Crippen molar-refractivity contribution >= 4 is 11.8 Å². The van der Waals surface area contributed by atoms with Gasteiger partial charge in [-0.15, -0.1) is 0 Å². The molecule has 2 aromatic rings. The second-order valence-electron chi connectivity index (χ2n) is 8.68. The molecule has 2 aromatic carbocycles. The third-order valence-corrected chi connectivity index (χ3v) is 6.59. The molecule has 1 fully saturated rings. The highest BCUT2D eigenvalue weighted by molar-refractivity contribution is 5.85. The first-order chi connectivity index (χ1) is 16.5. The highest BCUT2D eigenvalue weighted by Gasteiger charge is 2.32. The number of likely N-dealkylation sites (N-methyl/N-ethyl adjacent to an activating group) is 1. The second kappa shape index (κ2) is 10.9. The van der Waals surface area contributed by atoms with Crippen molar-refractivity contribution in [3.05, 3.63) is 59.2 Å². The van der Waals surface area contributed by atoms with Crippen molar-refractivity contribution in [1.82, 2.24) is 14.7 Å². The van der Waals surface area contributed by atoms with Gasteiger partial charge >= 0.3 is 0 Å². The number of fused-ring (bicyclic) bond motifs is 1. The molecule has 1 unspecified atom stereocenters. The van der Waals surface area contributed by atoms with Crippen molar-refractivity contribution in [2.24, 2.45) is 0 Å². The van der Waals surface area contributed by atoms with E-state index < -0.39 is 0 Å². The molecule has 2 aliphatic rings. The molecule has 0 spiro atoms. The Bertz CT molecular complexity index is 1010. The van der Waals surface area contributed by atoms with Crippen molar-refractivity contribution in [2.75, 3.05) is 67.2 Å². The molecule has 0 N–H and O–H groups in total. The fraction of sp³-hybridized carbons (Fsp3) is 0.462. The van der Waals surface area contributed by atoms with Crippen molar-refractivity contribution in [3.63, 3.8) is 0 Å². The lowest BCUT2D eigenvalue weighted by Gasteiger charge is -2.38. The highest BCUT2D eigenvalue weighted by atomic mass is 16.5. The number of ether oxygens (including phenoxy) is 3. The van der Waals surface area contributed by atoms with Gasteiger partial charge in [0.05, 0.1) is 46.6 Å². The molecule has 0 saturated carbocycles. The van der Waals surface area contributed by atoms with Crippen molar-refractivity contribution in [3.8, 4) is 11.5 Å². The van der Waals surface area contributed by atoms with Gasteiger partial charge in [0.1, 0.15) is 0 Å². The van der Waals surface area contributed by atoms with E-state index >= 15 is 0 Å². The lowest BCUT2D eigenvalue weighted by atomic mass is 9.87. The predicted molar refractivity (Wildman–Crippen MR) is 128 cm³/mol. The van der Waals surface area contributed by atoms with Gasteiger partial charge in [0.25, 0.3) is 0 Å². The van der Waals surface area contributed by atoms with Crippen LogP contribution in [0.15, 0.2) is 42.5 Å². The van der Waals surface area contributed by atoms with Gasteiger partial charge < -0.3 is 24.0 Å². The van der Waals surface area contributed by atoms with Gasteiger partial charge in [-0.25, -0.2) is 0 Å². The number of carbonyl (C=O) groups is 2. The Labute approximate surface area is 201 Å². The number of hydrogen-bond donors (Lipinski definition) is 0. The first-order valence-corrected chi connectivity index (χ1v) is 11.6. The van der Waals surface area contributed by atoms with Crippen LogP contribution >= 0.6 is 0 Å². The molecule has 182 valence electrons. The Morgan fingerprint density at radius 2 is 1.71 bits per heavy atom. The van der Waals surface area contributed by atoms with Crippen LogP contribution in [0, 0.1) is 0 Å². The van der Waals surface area contributed by atoms with Gasteiger partial charge in [-0.2, -0.15) is 0 Å². The Morgan fingerprint density at radius 1 is 1.03 bits per heavy atom. The molecule has 2 amide bonds. The smallest absolute Gasteiger partial charge is 0.242 e. The van der Waals surface area contributed by atoms with Gasteiger partial charge in [-0.1, -0.05) is 30.3 Å². The monoisotopic (exact) mass is 467 g/mol. The van der Waals surface area contributed by atoms with Crippen LogP contribution in [0.25, 0.3) is 0 Å². The minimum absolute atomic E-state index is 0.0421. The molecule has 2 heterocycles. The molecule has 0 bridgehead atoms. The molecular formula is C26H33N3O5. The van der Waals surface area contributed by atoms with E-state index in [1.54, 1.807) is 26.2 Å². The summed E-state index contributed by atoms with van der Waals surface area (Å²) < 4.78 is 16.4. The zero-order valence-corrected chi connectivity index (χ0v) is 20.2. The van der Waals surface area contributed by atoms with E-state index in [0.717, 1.165) is 24.1 Å². The molecule has 8 nitrogen and oxygen atoms in total. The molecule has 1 atom stereocenters. The summed E-state index contributed by atoms with van der Waals surface area (Å²) in [5, 5.41) is 0. The SMILES string of the molecule is COc1cc2c(cc1OC)C(c1ccccc1)N(CC(=O)N(C)CC(=O)N1CCOCC1)CC2. The second-order valence-corrected chi connectivity index (χ2v) is 8.68. The molecule has 2 aliphatic heterocycles. The lowest BCUT2D eigenvalue weighted by Crippen LogP contribution is -2.48. The van der Waals surface area contributed by atoms with E-state index in [4.69, 9.17) is 14.2 Å². The maximum Gasteiger partial charge on any atom is 0.242 e. The van der Waals surface area contributed by atoms with E-state index in [9.17, 15) is 9.59 Å². The van der Waals surface area contributed by atoms with Gasteiger partial charge in [0.15, 0.2) is 11.5 Å². The summed E-state index contributed by atoms with van der Waals surface area (Å²) in [7, 11) is 4.97. The molecule has 1 saturated heterocycles. The van der Waals surface area contributed by atoms with Crippen LogP contribution in [-0.2, 0) is 20.7 Å². The van der Waals surface area contributed by atoms with Crippen molar-refractivity contribution < 1.29 is 23.8 Å². The van der Waals surface area contributed by atoms with Crippen LogP contribution in [-0.4, -0.2) is 93.7 Å². The molecule has 34 heavy (non-hydrogen) atoms. The van der Waals surface area contributed by atoms with Crippen LogP contribution in [0.5, 0.6) is 11.5 Å². The average Bonchev–Trinajstić information content (AvgIpc) is 2.88. The van der Waals surface area contributed by atoms with Gasteiger partial charge in [0, 0.05) is 26.7 Å². The molecule has 0 aromatic heterocycles. The topological polar surface area (TPSA) is 71.6 Å². The molecule has 0 radical (unpaired) electrons. The van der Waals surface area contributed by atoms with E-state index in [0.29, 0.717) is 37.8 Å². The van der Waals surface area contributed by atoms with Crippen LogP contribution in [0.1, 0.15) is 22.7 Å². The minimum atomic E-state index is -0.1000. The number of rotatable bonds is 7. The van der Waals surface area contributed by atoms with E-state index in [-0.39, 0.29) is 30.9 Å².